The standard InChI is InChI=1S/C13H13IN/c1-14-15-12-8-4-2-6-10(12)11-7-3-5-9-13(11)15/h2-4,6-8H,5,9H2,1H3/q-1. The van der Waals surface area contributed by atoms with Crippen molar-refractivity contribution >= 4 is 17.0 Å². The first-order valence-corrected chi connectivity index (χ1v) is 8.33. The second-order valence-electron chi connectivity index (χ2n) is 3.77. The van der Waals surface area contributed by atoms with Crippen molar-refractivity contribution in [1.82, 2.24) is 2.78 Å². The van der Waals surface area contributed by atoms with Gasteiger partial charge in [-0.3, -0.25) is 0 Å². The van der Waals surface area contributed by atoms with Crippen LogP contribution in [0.25, 0.3) is 17.0 Å². The topological polar surface area (TPSA) is 4.93 Å². The Morgan fingerprint density at radius 1 is 1.27 bits per heavy atom. The van der Waals surface area contributed by atoms with E-state index in [0.29, 0.717) is 0 Å². The summed E-state index contributed by atoms with van der Waals surface area (Å²) in [7, 11) is 0. The van der Waals surface area contributed by atoms with Crippen molar-refractivity contribution in [1.29, 1.82) is 0 Å². The van der Waals surface area contributed by atoms with Crippen molar-refractivity contribution in [3.05, 3.63) is 41.6 Å². The van der Waals surface area contributed by atoms with Gasteiger partial charge in [-0.15, -0.1) is 0 Å². The third-order valence-electron chi connectivity index (χ3n) is 2.95. The van der Waals surface area contributed by atoms with E-state index in [-0.39, 0.29) is 21.5 Å². The Hall–Kier alpha value is -0.770. The molecule has 1 aromatic carbocycles. The van der Waals surface area contributed by atoms with Gasteiger partial charge in [-0.2, -0.15) is 0 Å². The molecule has 1 aliphatic carbocycles. The molecule has 0 N–H and O–H groups in total. The Labute approximate surface area is 100 Å². The Bertz CT molecular complexity index is 537. The van der Waals surface area contributed by atoms with Gasteiger partial charge in [0.15, 0.2) is 0 Å². The summed E-state index contributed by atoms with van der Waals surface area (Å²) in [4.78, 5) is 2.34. The number of alkyl halides is 1. The Balaban J connectivity index is 2.43. The number of hydrogen-bond acceptors (Lipinski definition) is 0. The van der Waals surface area contributed by atoms with Crippen LogP contribution in [0.4, 0.5) is 0 Å². The molecule has 3 rings (SSSR count). The molecular formula is C13H13IN-. The van der Waals surface area contributed by atoms with Crippen LogP contribution in [0, 0.1) is 0 Å². The van der Waals surface area contributed by atoms with E-state index < -0.39 is 0 Å². The Morgan fingerprint density at radius 2 is 2.13 bits per heavy atom. The molecule has 0 fully saturated rings. The maximum absolute atomic E-state index is 2.56. The summed E-state index contributed by atoms with van der Waals surface area (Å²) in [6.45, 7) is 0. The molecule has 78 valence electrons. The molecule has 0 atom stereocenters. The minimum atomic E-state index is 0.110. The fourth-order valence-corrected chi connectivity index (χ4v) is 4.34. The number of benzene rings is 1. The molecule has 0 radical (unpaired) electrons. The zero-order valence-corrected chi connectivity index (χ0v) is 10.9. The predicted octanol–water partition coefficient (Wildman–Crippen LogP) is 0.0826. The van der Waals surface area contributed by atoms with Crippen molar-refractivity contribution in [2.45, 2.75) is 12.8 Å². The number of rotatable bonds is 1. The van der Waals surface area contributed by atoms with Crippen molar-refractivity contribution in [3.63, 3.8) is 0 Å². The van der Waals surface area contributed by atoms with E-state index in [9.17, 15) is 0 Å². The molecule has 0 unspecified atom stereocenters. The zero-order valence-electron chi connectivity index (χ0n) is 8.70. The van der Waals surface area contributed by atoms with Gasteiger partial charge in [0.05, 0.1) is 0 Å². The third-order valence-corrected chi connectivity index (χ3v) is 5.02. The number of aromatic nitrogens is 1. The molecule has 1 aliphatic rings. The van der Waals surface area contributed by atoms with Gasteiger partial charge in [-0.1, -0.05) is 0 Å². The van der Waals surface area contributed by atoms with E-state index in [0.717, 1.165) is 0 Å². The first-order chi connectivity index (χ1) is 7.42. The first-order valence-electron chi connectivity index (χ1n) is 5.21. The van der Waals surface area contributed by atoms with E-state index in [1.165, 1.54) is 29.3 Å². The van der Waals surface area contributed by atoms with Crippen LogP contribution in [0.3, 0.4) is 0 Å². The van der Waals surface area contributed by atoms with Crippen LogP contribution in [0.1, 0.15) is 17.7 Å². The number of allylic oxidation sites excluding steroid dienone is 1. The van der Waals surface area contributed by atoms with E-state index in [1.807, 2.05) is 0 Å². The van der Waals surface area contributed by atoms with Crippen LogP contribution in [0.5, 0.6) is 0 Å². The van der Waals surface area contributed by atoms with Crippen molar-refractivity contribution in [2.75, 3.05) is 4.93 Å². The average molecular weight is 310 g/mol. The Kier molecular flexibility index (Phi) is 2.31. The summed E-state index contributed by atoms with van der Waals surface area (Å²) in [5.74, 6) is 0. The summed E-state index contributed by atoms with van der Waals surface area (Å²) in [6, 6.07) is 8.79. The number of nitrogens with zero attached hydrogens (tertiary/aromatic N) is 1. The van der Waals surface area contributed by atoms with E-state index in [1.54, 1.807) is 5.69 Å². The maximum atomic E-state index is 2.56. The Morgan fingerprint density at radius 3 is 3.00 bits per heavy atom. The van der Waals surface area contributed by atoms with Gasteiger partial charge in [0.2, 0.25) is 0 Å². The van der Waals surface area contributed by atoms with Gasteiger partial charge < -0.3 is 0 Å². The van der Waals surface area contributed by atoms with Crippen LogP contribution in [0.2, 0.25) is 0 Å². The van der Waals surface area contributed by atoms with Gasteiger partial charge in [-0.05, 0) is 0 Å². The van der Waals surface area contributed by atoms with Crippen LogP contribution < -0.4 is 21.5 Å². The number of fused-ring (bicyclic) bond motifs is 3. The predicted molar refractivity (Wildman–Crippen MR) is 60.6 cm³/mol. The van der Waals surface area contributed by atoms with E-state index in [2.05, 4.69) is 44.1 Å². The fourth-order valence-electron chi connectivity index (χ4n) is 2.31. The molecule has 2 heteroatoms. The van der Waals surface area contributed by atoms with Gasteiger partial charge in [0, 0.05) is 0 Å². The summed E-state index contributed by atoms with van der Waals surface area (Å²) in [5, 5.41) is 1.44. The molecule has 1 heterocycles. The number of para-hydroxylation sites is 1. The normalized spacial score (nSPS) is 14.7. The summed E-state index contributed by atoms with van der Waals surface area (Å²) < 4.78 is 2.56. The SMILES string of the molecule is C[I-]n1c2c(c3ccccc31)C=CCC2. The summed E-state index contributed by atoms with van der Waals surface area (Å²) >= 11 is 0.110. The molecule has 1 aromatic heterocycles. The molecule has 0 spiro atoms. The molecule has 0 saturated carbocycles. The van der Waals surface area contributed by atoms with Crippen molar-refractivity contribution in [2.24, 2.45) is 0 Å². The van der Waals surface area contributed by atoms with Gasteiger partial charge >= 0.3 is 101 Å². The molecule has 2 aromatic rings. The van der Waals surface area contributed by atoms with Crippen LogP contribution >= 0.6 is 0 Å². The van der Waals surface area contributed by atoms with Crippen LogP contribution in [-0.2, 0) is 6.42 Å². The third kappa shape index (κ3) is 1.34. The summed E-state index contributed by atoms with van der Waals surface area (Å²) in [6.07, 6.45) is 7.02. The van der Waals surface area contributed by atoms with E-state index in [4.69, 9.17) is 0 Å². The zero-order chi connectivity index (χ0) is 10.3. The molecular weight excluding hydrogens is 297 g/mol. The average Bonchev–Trinajstić information content (AvgIpc) is 2.63. The first kappa shape index (κ1) is 9.46. The van der Waals surface area contributed by atoms with E-state index >= 15 is 0 Å². The number of halogens is 1. The van der Waals surface area contributed by atoms with Gasteiger partial charge in [-0.25, -0.2) is 0 Å². The molecule has 0 bridgehead atoms. The second-order valence-corrected chi connectivity index (χ2v) is 5.70. The molecule has 0 saturated heterocycles. The molecule has 0 amide bonds. The van der Waals surface area contributed by atoms with Crippen LogP contribution in [-0.4, -0.2) is 7.71 Å². The molecule has 15 heavy (non-hydrogen) atoms. The van der Waals surface area contributed by atoms with Gasteiger partial charge in [0.25, 0.3) is 0 Å². The summed E-state index contributed by atoms with van der Waals surface area (Å²) in [5.41, 5.74) is 4.47. The van der Waals surface area contributed by atoms with Crippen molar-refractivity contribution in [3.8, 4) is 0 Å². The quantitative estimate of drug-likeness (QED) is 0.519. The fraction of sp³-hybridized carbons (Fsp3) is 0.231. The molecule has 0 aliphatic heterocycles. The second kappa shape index (κ2) is 3.67. The number of hydrogen-bond donors (Lipinski definition) is 0. The monoisotopic (exact) mass is 310 g/mol. The van der Waals surface area contributed by atoms with Crippen LogP contribution in [0.15, 0.2) is 30.3 Å². The van der Waals surface area contributed by atoms with Gasteiger partial charge in [0.1, 0.15) is 0 Å². The van der Waals surface area contributed by atoms with Crippen molar-refractivity contribution < 1.29 is 21.5 Å². The molecule has 1 nitrogen and oxygen atoms in total. The minimum absolute atomic E-state index is 0.110.